The molecule has 1 aliphatic rings. The van der Waals surface area contributed by atoms with E-state index in [1.165, 1.54) is 6.42 Å². The lowest BCUT2D eigenvalue weighted by molar-refractivity contribution is 0.214. The Balaban J connectivity index is 2.30. The molecule has 1 saturated heterocycles. The second kappa shape index (κ2) is 4.85. The Kier molecular flexibility index (Phi) is 4.06. The van der Waals surface area contributed by atoms with Gasteiger partial charge in [0.05, 0.1) is 0 Å². The fourth-order valence-electron chi connectivity index (χ4n) is 1.55. The van der Waals surface area contributed by atoms with Crippen LogP contribution in [0.15, 0.2) is 11.6 Å². The largest absolute Gasteiger partial charge is 0.311 e. The van der Waals surface area contributed by atoms with Gasteiger partial charge in [-0.05, 0) is 6.42 Å². The van der Waals surface area contributed by atoms with Crippen LogP contribution in [0.4, 0.5) is 0 Å². The van der Waals surface area contributed by atoms with Crippen molar-refractivity contribution in [2.75, 3.05) is 26.2 Å². The first kappa shape index (κ1) is 10.0. The van der Waals surface area contributed by atoms with E-state index in [0.717, 1.165) is 31.2 Å². The molecule has 1 aliphatic heterocycles. The van der Waals surface area contributed by atoms with Gasteiger partial charge in [-0.1, -0.05) is 25.1 Å². The summed E-state index contributed by atoms with van der Waals surface area (Å²) in [7, 11) is 0. The van der Waals surface area contributed by atoms with E-state index >= 15 is 0 Å². The fraction of sp³-hybridized carbons (Fsp3) is 0.778. The average molecular weight is 189 g/mol. The molecule has 1 atom stereocenters. The predicted octanol–water partition coefficient (Wildman–Crippen LogP) is 1.42. The monoisotopic (exact) mass is 188 g/mol. The Morgan fingerprint density at radius 3 is 3.08 bits per heavy atom. The van der Waals surface area contributed by atoms with Crippen LogP contribution in [0.5, 0.6) is 0 Å². The van der Waals surface area contributed by atoms with Gasteiger partial charge in [0.25, 0.3) is 0 Å². The smallest absolute Gasteiger partial charge is 0.0336 e. The van der Waals surface area contributed by atoms with E-state index in [9.17, 15) is 0 Å². The van der Waals surface area contributed by atoms with Gasteiger partial charge in [0.1, 0.15) is 0 Å². The normalized spacial score (nSPS) is 25.7. The Morgan fingerprint density at radius 1 is 1.75 bits per heavy atom. The van der Waals surface area contributed by atoms with Crippen LogP contribution in [-0.4, -0.2) is 37.1 Å². The summed E-state index contributed by atoms with van der Waals surface area (Å²) < 4.78 is 0. The summed E-state index contributed by atoms with van der Waals surface area (Å²) in [4.78, 5) is 2.35. The highest BCUT2D eigenvalue weighted by Gasteiger charge is 2.17. The van der Waals surface area contributed by atoms with Gasteiger partial charge >= 0.3 is 0 Å². The molecule has 0 amide bonds. The summed E-state index contributed by atoms with van der Waals surface area (Å²) in [5, 5.41) is 4.20. The minimum absolute atomic E-state index is 0.634. The first-order valence-electron chi connectivity index (χ1n) is 4.51. The van der Waals surface area contributed by atoms with Gasteiger partial charge in [0.2, 0.25) is 0 Å². The van der Waals surface area contributed by atoms with E-state index in [0.29, 0.717) is 6.04 Å². The van der Waals surface area contributed by atoms with Crippen molar-refractivity contribution < 1.29 is 0 Å². The second-order valence-electron chi connectivity index (χ2n) is 3.31. The third-order valence-electron chi connectivity index (χ3n) is 2.23. The number of hydrogen-bond donors (Lipinski definition) is 1. The summed E-state index contributed by atoms with van der Waals surface area (Å²) >= 11 is 5.75. The van der Waals surface area contributed by atoms with Crippen molar-refractivity contribution in [1.82, 2.24) is 10.2 Å². The van der Waals surface area contributed by atoms with Gasteiger partial charge in [-0.15, -0.1) is 0 Å². The zero-order valence-electron chi connectivity index (χ0n) is 7.65. The van der Waals surface area contributed by atoms with E-state index in [-0.39, 0.29) is 0 Å². The molecule has 0 radical (unpaired) electrons. The highest BCUT2D eigenvalue weighted by Crippen LogP contribution is 2.06. The van der Waals surface area contributed by atoms with Crippen LogP contribution in [0.3, 0.4) is 0 Å². The molecule has 1 heterocycles. The molecule has 0 spiro atoms. The summed E-state index contributed by atoms with van der Waals surface area (Å²) in [6.07, 6.45) is 1.19. The lowest BCUT2D eigenvalue weighted by Crippen LogP contribution is -2.50. The number of rotatable bonds is 3. The first-order valence-corrected chi connectivity index (χ1v) is 4.89. The Hall–Kier alpha value is -0.0500. The first-order chi connectivity index (χ1) is 5.72. The van der Waals surface area contributed by atoms with Crippen molar-refractivity contribution in [1.29, 1.82) is 0 Å². The van der Waals surface area contributed by atoms with Crippen molar-refractivity contribution in [3.63, 3.8) is 0 Å². The zero-order valence-corrected chi connectivity index (χ0v) is 8.40. The molecule has 0 saturated carbocycles. The third kappa shape index (κ3) is 3.13. The second-order valence-corrected chi connectivity index (χ2v) is 3.85. The van der Waals surface area contributed by atoms with Crippen molar-refractivity contribution >= 4 is 11.6 Å². The topological polar surface area (TPSA) is 15.3 Å². The van der Waals surface area contributed by atoms with Crippen LogP contribution in [0.2, 0.25) is 0 Å². The molecule has 2 nitrogen and oxygen atoms in total. The molecule has 12 heavy (non-hydrogen) atoms. The molecule has 1 fully saturated rings. The Morgan fingerprint density at radius 2 is 2.50 bits per heavy atom. The van der Waals surface area contributed by atoms with E-state index in [4.69, 9.17) is 11.6 Å². The maximum atomic E-state index is 5.75. The van der Waals surface area contributed by atoms with Gasteiger partial charge in [-0.3, -0.25) is 4.90 Å². The SMILES string of the molecule is C=C(Cl)CN1CCNC(CC)C1. The number of nitrogens with zero attached hydrogens (tertiary/aromatic N) is 1. The van der Waals surface area contributed by atoms with E-state index in [1.54, 1.807) is 0 Å². The molecular weight excluding hydrogens is 172 g/mol. The minimum atomic E-state index is 0.634. The van der Waals surface area contributed by atoms with E-state index < -0.39 is 0 Å². The molecule has 1 rings (SSSR count). The number of halogens is 1. The van der Waals surface area contributed by atoms with Crippen LogP contribution in [0.25, 0.3) is 0 Å². The maximum Gasteiger partial charge on any atom is 0.0336 e. The van der Waals surface area contributed by atoms with Crippen molar-refractivity contribution in [2.45, 2.75) is 19.4 Å². The molecule has 0 aromatic rings. The summed E-state index contributed by atoms with van der Waals surface area (Å²) in [6.45, 7) is 10.00. The summed E-state index contributed by atoms with van der Waals surface area (Å²) in [6, 6.07) is 0.634. The van der Waals surface area contributed by atoms with E-state index in [1.807, 2.05) is 0 Å². The molecule has 0 bridgehead atoms. The van der Waals surface area contributed by atoms with Crippen molar-refractivity contribution in [3.05, 3.63) is 11.6 Å². The summed E-state index contributed by atoms with van der Waals surface area (Å²) in [5.74, 6) is 0. The molecule has 1 unspecified atom stereocenters. The van der Waals surface area contributed by atoms with Gasteiger partial charge in [0, 0.05) is 37.3 Å². The van der Waals surface area contributed by atoms with Crippen LogP contribution in [0.1, 0.15) is 13.3 Å². The van der Waals surface area contributed by atoms with Crippen molar-refractivity contribution in [3.8, 4) is 0 Å². The van der Waals surface area contributed by atoms with Gasteiger partial charge in [0.15, 0.2) is 0 Å². The van der Waals surface area contributed by atoms with Crippen LogP contribution in [0, 0.1) is 0 Å². The number of nitrogens with one attached hydrogen (secondary N) is 1. The number of hydrogen-bond acceptors (Lipinski definition) is 2. The number of piperazine rings is 1. The highest BCUT2D eigenvalue weighted by molar-refractivity contribution is 6.29. The quantitative estimate of drug-likeness (QED) is 0.721. The molecule has 0 aromatic heterocycles. The molecular formula is C9H17ClN2. The van der Waals surface area contributed by atoms with Crippen molar-refractivity contribution in [2.24, 2.45) is 0 Å². The van der Waals surface area contributed by atoms with Crippen LogP contribution < -0.4 is 5.32 Å². The lowest BCUT2D eigenvalue weighted by Gasteiger charge is -2.32. The van der Waals surface area contributed by atoms with Gasteiger partial charge < -0.3 is 5.32 Å². The molecule has 0 aliphatic carbocycles. The highest BCUT2D eigenvalue weighted by atomic mass is 35.5. The molecule has 1 N–H and O–H groups in total. The van der Waals surface area contributed by atoms with Gasteiger partial charge in [-0.25, -0.2) is 0 Å². The molecule has 0 aromatic carbocycles. The third-order valence-corrected chi connectivity index (χ3v) is 2.35. The fourth-order valence-corrected chi connectivity index (χ4v) is 1.72. The Labute approximate surface area is 79.6 Å². The van der Waals surface area contributed by atoms with Crippen LogP contribution in [-0.2, 0) is 0 Å². The lowest BCUT2D eigenvalue weighted by atomic mass is 10.1. The summed E-state index contributed by atoms with van der Waals surface area (Å²) in [5.41, 5.74) is 0. The standard InChI is InChI=1S/C9H17ClN2/c1-3-9-7-12(5-4-11-9)6-8(2)10/h9,11H,2-7H2,1H3. The molecule has 3 heteroatoms. The molecule has 70 valence electrons. The van der Waals surface area contributed by atoms with Crippen LogP contribution >= 0.6 is 11.6 Å². The Bertz CT molecular complexity index is 159. The van der Waals surface area contributed by atoms with Gasteiger partial charge in [-0.2, -0.15) is 0 Å². The zero-order chi connectivity index (χ0) is 8.97. The average Bonchev–Trinajstić information content (AvgIpc) is 2.03. The predicted molar refractivity (Wildman–Crippen MR) is 53.5 cm³/mol. The maximum absolute atomic E-state index is 5.75. The minimum Gasteiger partial charge on any atom is -0.311 e. The van der Waals surface area contributed by atoms with E-state index in [2.05, 4.69) is 23.7 Å².